The lowest BCUT2D eigenvalue weighted by Gasteiger charge is -2.26. The molecule has 260 valence electrons. The summed E-state index contributed by atoms with van der Waals surface area (Å²) in [5.74, 6) is -3.92. The van der Waals surface area contributed by atoms with Crippen LogP contribution in [0.5, 0.6) is 0 Å². The van der Waals surface area contributed by atoms with Gasteiger partial charge < -0.3 is 21.3 Å². The maximum absolute atomic E-state index is 14.4. The molecule has 51 heavy (non-hydrogen) atoms. The van der Waals surface area contributed by atoms with Gasteiger partial charge >= 0.3 is 0 Å². The molecule has 1 atom stereocenters. The Balaban J connectivity index is 0.00000504. The highest BCUT2D eigenvalue weighted by Gasteiger charge is 2.42. The molecule has 0 radical (unpaired) electrons. The van der Waals surface area contributed by atoms with Crippen LogP contribution in [0.15, 0.2) is 121 Å². The fourth-order valence-electron chi connectivity index (χ4n) is 5.76. The minimum Gasteiger partial charge on any atom is -0.352 e. The summed E-state index contributed by atoms with van der Waals surface area (Å²) >= 11 is 6.04. The van der Waals surface area contributed by atoms with E-state index in [0.717, 1.165) is 5.56 Å². The highest BCUT2D eigenvalue weighted by molar-refractivity contribution is 6.31. The zero-order valence-electron chi connectivity index (χ0n) is 27.2. The van der Waals surface area contributed by atoms with Gasteiger partial charge in [0.1, 0.15) is 11.7 Å². The molecule has 1 heterocycles. The molecule has 12 heteroatoms. The molecule has 4 N–H and O–H groups in total. The quantitative estimate of drug-likeness (QED) is 0.132. The highest BCUT2D eigenvalue weighted by Crippen LogP contribution is 2.40. The van der Waals surface area contributed by atoms with Crippen molar-refractivity contribution in [2.45, 2.75) is 26.1 Å². The van der Waals surface area contributed by atoms with Crippen LogP contribution in [0.1, 0.15) is 33.5 Å². The number of carbonyl (C=O) groups excluding carboxylic acids is 4. The molecule has 9 nitrogen and oxygen atoms in total. The van der Waals surface area contributed by atoms with Crippen molar-refractivity contribution in [1.82, 2.24) is 5.32 Å². The van der Waals surface area contributed by atoms with Crippen LogP contribution in [0.25, 0.3) is 0 Å². The van der Waals surface area contributed by atoms with Crippen molar-refractivity contribution in [3.05, 3.63) is 154 Å². The molecule has 5 aromatic carbocycles. The number of benzene rings is 5. The molecule has 1 aliphatic heterocycles. The second kappa shape index (κ2) is 16.4. The number of carbonyl (C=O) groups is 4. The number of rotatable bonds is 10. The van der Waals surface area contributed by atoms with E-state index in [9.17, 15) is 23.6 Å². The molecule has 0 spiro atoms. The molecule has 0 saturated heterocycles. The number of amides is 4. The number of nitrogens with one attached hydrogen (secondary N) is 2. The average molecular weight is 727 g/mol. The first kappa shape index (κ1) is 36.7. The van der Waals surface area contributed by atoms with Crippen molar-refractivity contribution in [2.75, 3.05) is 15.1 Å². The summed E-state index contributed by atoms with van der Waals surface area (Å²) in [6, 6.07) is 33.8. The zero-order chi connectivity index (χ0) is 35.2. The zero-order valence-corrected chi connectivity index (χ0v) is 28.8. The monoisotopic (exact) mass is 725 g/mol. The summed E-state index contributed by atoms with van der Waals surface area (Å²) in [6.45, 7) is 0.277. The Bertz CT molecular complexity index is 2060. The fraction of sp³-hybridized carbons (Fsp3) is 0.128. The number of hydrogen-bond donors (Lipinski definition) is 3. The van der Waals surface area contributed by atoms with Gasteiger partial charge in [0.15, 0.2) is 0 Å². The first-order valence-electron chi connectivity index (χ1n) is 15.9. The maximum Gasteiger partial charge on any atom is 0.255 e. The number of fused-ring (bicyclic) bond motifs is 1. The second-order valence-electron chi connectivity index (χ2n) is 11.7. The maximum atomic E-state index is 14.4. The van der Waals surface area contributed by atoms with Gasteiger partial charge in [0, 0.05) is 47.0 Å². The molecule has 0 bridgehead atoms. The third kappa shape index (κ3) is 8.43. The van der Waals surface area contributed by atoms with Crippen LogP contribution in [0.2, 0.25) is 5.02 Å². The number of para-hydroxylation sites is 2. The molecule has 0 saturated carbocycles. The van der Waals surface area contributed by atoms with Gasteiger partial charge in [-0.1, -0.05) is 72.3 Å². The van der Waals surface area contributed by atoms with E-state index in [0.29, 0.717) is 45.4 Å². The first-order chi connectivity index (χ1) is 24.2. The Morgan fingerprint density at radius 1 is 0.784 bits per heavy atom. The lowest BCUT2D eigenvalue weighted by molar-refractivity contribution is -0.136. The van der Waals surface area contributed by atoms with Crippen LogP contribution >= 0.6 is 24.0 Å². The Morgan fingerprint density at radius 3 is 2.14 bits per heavy atom. The molecule has 5 aromatic rings. The predicted molar refractivity (Wildman–Crippen MR) is 199 cm³/mol. The summed E-state index contributed by atoms with van der Waals surface area (Å²) in [5.41, 5.74) is 10.1. The Labute approximate surface area is 305 Å². The molecule has 1 unspecified atom stereocenters. The highest BCUT2D eigenvalue weighted by atomic mass is 35.5. The smallest absolute Gasteiger partial charge is 0.255 e. The van der Waals surface area contributed by atoms with Crippen LogP contribution in [-0.2, 0) is 34.0 Å². The Hall–Kier alpha value is -5.55. The largest absolute Gasteiger partial charge is 0.352 e. The molecular weight excluding hydrogens is 692 g/mol. The van der Waals surface area contributed by atoms with Gasteiger partial charge in [-0.2, -0.15) is 0 Å². The first-order valence-corrected chi connectivity index (χ1v) is 16.3. The van der Waals surface area contributed by atoms with E-state index in [1.807, 2.05) is 0 Å². The topological polar surface area (TPSA) is 125 Å². The van der Waals surface area contributed by atoms with E-state index in [1.54, 1.807) is 115 Å². The second-order valence-corrected chi connectivity index (χ2v) is 12.2. The minimum absolute atomic E-state index is 0. The number of halogens is 3. The van der Waals surface area contributed by atoms with Crippen LogP contribution < -0.4 is 26.2 Å². The van der Waals surface area contributed by atoms with Gasteiger partial charge in [-0.05, 0) is 71.8 Å². The van der Waals surface area contributed by atoms with Crippen LogP contribution in [-0.4, -0.2) is 23.6 Å². The number of nitrogens with two attached hydrogens (primary N) is 1. The normalized spacial score (nSPS) is 13.9. The average Bonchev–Trinajstić information content (AvgIpc) is 3.21. The molecule has 6 rings (SSSR count). The van der Waals surface area contributed by atoms with Crippen LogP contribution in [0, 0.1) is 11.7 Å². The van der Waals surface area contributed by atoms with Gasteiger partial charge in [-0.3, -0.25) is 24.1 Å². The molecule has 0 fully saturated rings. The molecule has 1 aliphatic rings. The molecule has 0 aliphatic carbocycles. The minimum atomic E-state index is -1.39. The van der Waals surface area contributed by atoms with Gasteiger partial charge in [0.05, 0.1) is 17.9 Å². The van der Waals surface area contributed by atoms with E-state index in [1.165, 1.54) is 15.9 Å². The van der Waals surface area contributed by atoms with Gasteiger partial charge in [-0.25, -0.2) is 4.39 Å². The molecular formula is C39H34Cl2FN5O4. The van der Waals surface area contributed by atoms with Crippen LogP contribution in [0.3, 0.4) is 0 Å². The third-order valence-corrected chi connectivity index (χ3v) is 8.62. The fourth-order valence-corrected chi connectivity index (χ4v) is 5.95. The van der Waals surface area contributed by atoms with E-state index in [4.69, 9.17) is 17.3 Å². The summed E-state index contributed by atoms with van der Waals surface area (Å²) in [4.78, 5) is 57.8. The van der Waals surface area contributed by atoms with E-state index < -0.39 is 35.9 Å². The summed E-state index contributed by atoms with van der Waals surface area (Å²) in [7, 11) is 0. The molecule has 0 aromatic heterocycles. The lowest BCUT2D eigenvalue weighted by Crippen LogP contribution is -2.43. The SMILES string of the molecule is Cl.NCc1ccc(N2C(=O)C(CC(=O)NCc3ccccc3F)C(=O)N(Cc3ccc(NC(=O)c4cccc(Cl)c4)cc3)c3ccccc32)cc1. The van der Waals surface area contributed by atoms with E-state index >= 15 is 0 Å². The number of nitrogens with zero attached hydrogens (tertiary/aromatic N) is 2. The summed E-state index contributed by atoms with van der Waals surface area (Å²) < 4.78 is 14.3. The predicted octanol–water partition coefficient (Wildman–Crippen LogP) is 7.15. The van der Waals surface area contributed by atoms with Crippen molar-refractivity contribution in [1.29, 1.82) is 0 Å². The van der Waals surface area contributed by atoms with Crippen LogP contribution in [0.4, 0.5) is 27.1 Å². The van der Waals surface area contributed by atoms with Gasteiger partial charge in [-0.15, -0.1) is 12.4 Å². The van der Waals surface area contributed by atoms with E-state index in [-0.39, 0.29) is 37.0 Å². The van der Waals surface area contributed by atoms with E-state index in [2.05, 4.69) is 10.6 Å². The molecule has 4 amide bonds. The van der Waals surface area contributed by atoms with Crippen molar-refractivity contribution in [3.63, 3.8) is 0 Å². The van der Waals surface area contributed by atoms with Crippen molar-refractivity contribution < 1.29 is 23.6 Å². The Morgan fingerprint density at radius 2 is 1.45 bits per heavy atom. The number of hydrogen-bond acceptors (Lipinski definition) is 5. The van der Waals surface area contributed by atoms with Gasteiger partial charge in [0.25, 0.3) is 5.91 Å². The summed E-state index contributed by atoms with van der Waals surface area (Å²) in [5, 5.41) is 5.95. The Kier molecular flexibility index (Phi) is 11.8. The standard InChI is InChI=1S/C39H33ClFN5O4.ClH/c40-29-8-5-7-27(20-29)37(48)44-30-16-12-26(13-17-30)24-45-34-10-3-4-11-35(34)46(31-18-14-25(22-42)15-19-31)39(50)32(38(45)49)21-36(47)43-23-28-6-1-2-9-33(28)41;/h1-20,32H,21-24,42H2,(H,43,47)(H,44,48);1H. The van der Waals surface area contributed by atoms with Gasteiger partial charge in [0.2, 0.25) is 17.7 Å². The number of anilines is 4. The van der Waals surface area contributed by atoms with Crippen molar-refractivity contribution in [3.8, 4) is 0 Å². The third-order valence-electron chi connectivity index (χ3n) is 8.39. The van der Waals surface area contributed by atoms with Crippen molar-refractivity contribution in [2.24, 2.45) is 11.7 Å². The van der Waals surface area contributed by atoms with Crippen molar-refractivity contribution >= 4 is 70.4 Å². The lowest BCUT2D eigenvalue weighted by atomic mass is 10.0. The summed E-state index contributed by atoms with van der Waals surface area (Å²) in [6.07, 6.45) is -0.456.